The zero-order valence-corrected chi connectivity index (χ0v) is 14.3. The number of benzene rings is 2. The largest absolute Gasteiger partial charge is 0.489 e. The summed E-state index contributed by atoms with van der Waals surface area (Å²) in [6.45, 7) is 0.460. The van der Waals surface area contributed by atoms with Crippen LogP contribution in [0.15, 0.2) is 54.6 Å². The minimum Gasteiger partial charge on any atom is -0.489 e. The van der Waals surface area contributed by atoms with E-state index in [9.17, 15) is 9.59 Å². The highest BCUT2D eigenvalue weighted by Crippen LogP contribution is 2.22. The molecule has 1 heterocycles. The van der Waals surface area contributed by atoms with Crippen LogP contribution in [-0.4, -0.2) is 29.3 Å². The first-order valence-electron chi connectivity index (χ1n) is 8.55. The van der Waals surface area contributed by atoms with Crippen molar-refractivity contribution in [2.75, 3.05) is 0 Å². The number of esters is 1. The van der Waals surface area contributed by atoms with Crippen molar-refractivity contribution in [2.45, 2.75) is 38.0 Å². The summed E-state index contributed by atoms with van der Waals surface area (Å²) in [5.74, 6) is 0.427. The maximum Gasteiger partial charge on any atom is 0.405 e. The van der Waals surface area contributed by atoms with Gasteiger partial charge in [-0.05, 0) is 36.1 Å². The van der Waals surface area contributed by atoms with E-state index in [2.05, 4.69) is 5.32 Å². The average Bonchev–Trinajstić information content (AvgIpc) is 3.07. The zero-order valence-electron chi connectivity index (χ0n) is 14.3. The van der Waals surface area contributed by atoms with Crippen molar-refractivity contribution < 1.29 is 24.2 Å². The van der Waals surface area contributed by atoms with E-state index < -0.39 is 18.2 Å². The number of carbonyl (C=O) groups excluding carboxylic acids is 1. The zero-order chi connectivity index (χ0) is 18.4. The molecule has 1 fully saturated rings. The van der Waals surface area contributed by atoms with Gasteiger partial charge in [0.25, 0.3) is 0 Å². The lowest BCUT2D eigenvalue weighted by atomic mass is 9.99. The van der Waals surface area contributed by atoms with Gasteiger partial charge < -0.3 is 19.9 Å². The maximum atomic E-state index is 11.4. The first-order valence-corrected chi connectivity index (χ1v) is 8.55. The summed E-state index contributed by atoms with van der Waals surface area (Å²) in [6.07, 6.45) is -0.300. The number of hydrogen-bond donors (Lipinski definition) is 2. The van der Waals surface area contributed by atoms with Crippen molar-refractivity contribution >= 4 is 12.1 Å². The summed E-state index contributed by atoms with van der Waals surface area (Å²) in [7, 11) is 0. The van der Waals surface area contributed by atoms with Gasteiger partial charge >= 0.3 is 12.1 Å². The number of nitrogens with one attached hydrogen (secondary N) is 1. The van der Waals surface area contributed by atoms with Gasteiger partial charge in [-0.15, -0.1) is 0 Å². The third-order valence-corrected chi connectivity index (χ3v) is 4.28. The molecule has 2 aromatic carbocycles. The van der Waals surface area contributed by atoms with Gasteiger partial charge in [0.2, 0.25) is 0 Å². The Hall–Kier alpha value is -3.02. The van der Waals surface area contributed by atoms with Gasteiger partial charge in [-0.2, -0.15) is 0 Å². The molecule has 0 spiro atoms. The van der Waals surface area contributed by atoms with Crippen LogP contribution in [0.3, 0.4) is 0 Å². The summed E-state index contributed by atoms with van der Waals surface area (Å²) in [6, 6.07) is 16.9. The van der Waals surface area contributed by atoms with Gasteiger partial charge in [0.15, 0.2) is 0 Å². The molecular weight excluding hydrogens is 334 g/mol. The Balaban J connectivity index is 1.65. The number of hydrogen-bond acceptors (Lipinski definition) is 4. The Labute approximate surface area is 151 Å². The third kappa shape index (κ3) is 4.99. The van der Waals surface area contributed by atoms with Crippen molar-refractivity contribution in [3.8, 4) is 5.75 Å². The summed E-state index contributed by atoms with van der Waals surface area (Å²) in [4.78, 5) is 22.4. The monoisotopic (exact) mass is 355 g/mol. The summed E-state index contributed by atoms with van der Waals surface area (Å²) in [5, 5.41) is 11.5. The molecule has 1 saturated heterocycles. The fourth-order valence-corrected chi connectivity index (χ4v) is 3.02. The molecule has 6 nitrogen and oxygen atoms in total. The highest BCUT2D eigenvalue weighted by Gasteiger charge is 2.32. The second-order valence-corrected chi connectivity index (χ2v) is 6.25. The van der Waals surface area contributed by atoms with Gasteiger partial charge in [0.1, 0.15) is 18.5 Å². The van der Waals surface area contributed by atoms with Crippen LogP contribution in [0.2, 0.25) is 0 Å². The highest BCUT2D eigenvalue weighted by molar-refractivity contribution is 5.72. The summed E-state index contributed by atoms with van der Waals surface area (Å²) >= 11 is 0. The molecule has 0 saturated carbocycles. The molecule has 6 heteroatoms. The molecule has 0 unspecified atom stereocenters. The van der Waals surface area contributed by atoms with E-state index in [0.717, 1.165) is 11.1 Å². The SMILES string of the molecule is O=C(O)N[C@@H](Cc1cccc(OCc2ccccc2)c1)[C@@H]1CCC(=O)O1. The van der Waals surface area contributed by atoms with Crippen LogP contribution in [0, 0.1) is 0 Å². The predicted octanol–water partition coefficient (Wildman–Crippen LogP) is 3.15. The van der Waals surface area contributed by atoms with E-state index in [0.29, 0.717) is 31.6 Å². The van der Waals surface area contributed by atoms with E-state index in [-0.39, 0.29) is 5.97 Å². The maximum absolute atomic E-state index is 11.4. The normalized spacial score (nSPS) is 17.4. The van der Waals surface area contributed by atoms with Crippen LogP contribution in [-0.2, 0) is 22.6 Å². The van der Waals surface area contributed by atoms with E-state index in [1.54, 1.807) is 0 Å². The molecule has 2 aromatic rings. The van der Waals surface area contributed by atoms with Crippen molar-refractivity contribution in [3.05, 3.63) is 65.7 Å². The fourth-order valence-electron chi connectivity index (χ4n) is 3.02. The molecule has 0 aromatic heterocycles. The highest BCUT2D eigenvalue weighted by atomic mass is 16.6. The number of carbonyl (C=O) groups is 2. The molecule has 1 aliphatic rings. The smallest absolute Gasteiger partial charge is 0.405 e. The molecule has 1 aliphatic heterocycles. The van der Waals surface area contributed by atoms with Crippen molar-refractivity contribution in [1.29, 1.82) is 0 Å². The van der Waals surface area contributed by atoms with Gasteiger partial charge in [-0.1, -0.05) is 42.5 Å². The first-order chi connectivity index (χ1) is 12.6. The van der Waals surface area contributed by atoms with Crippen molar-refractivity contribution in [1.82, 2.24) is 5.32 Å². The van der Waals surface area contributed by atoms with Crippen LogP contribution in [0.5, 0.6) is 5.75 Å². The minimum atomic E-state index is -1.13. The molecule has 26 heavy (non-hydrogen) atoms. The van der Waals surface area contributed by atoms with Gasteiger partial charge in [0.05, 0.1) is 6.04 Å². The molecule has 3 rings (SSSR count). The lowest BCUT2D eigenvalue weighted by Crippen LogP contribution is -2.44. The van der Waals surface area contributed by atoms with Crippen molar-refractivity contribution in [2.24, 2.45) is 0 Å². The quantitative estimate of drug-likeness (QED) is 0.745. The van der Waals surface area contributed by atoms with Crippen LogP contribution < -0.4 is 10.1 Å². The van der Waals surface area contributed by atoms with Gasteiger partial charge in [-0.3, -0.25) is 4.79 Å². The van der Waals surface area contributed by atoms with Crippen LogP contribution in [0.4, 0.5) is 4.79 Å². The molecular formula is C20H21NO5. The molecule has 136 valence electrons. The molecule has 1 amide bonds. The molecule has 0 radical (unpaired) electrons. The number of carboxylic acid groups (broad SMARTS) is 1. The Bertz CT molecular complexity index is 762. The summed E-state index contributed by atoms with van der Waals surface area (Å²) in [5.41, 5.74) is 1.98. The van der Waals surface area contributed by atoms with Crippen LogP contribution in [0.25, 0.3) is 0 Å². The third-order valence-electron chi connectivity index (χ3n) is 4.28. The Morgan fingerprint density at radius 2 is 1.96 bits per heavy atom. The number of cyclic esters (lactones) is 1. The Morgan fingerprint density at radius 1 is 1.19 bits per heavy atom. The Morgan fingerprint density at radius 3 is 2.65 bits per heavy atom. The van der Waals surface area contributed by atoms with Crippen LogP contribution >= 0.6 is 0 Å². The molecule has 2 N–H and O–H groups in total. The standard InChI is InChI=1S/C20H21NO5/c22-19-10-9-18(26-19)17(21-20(23)24)12-15-7-4-8-16(11-15)25-13-14-5-2-1-3-6-14/h1-8,11,17-18,21H,9-10,12-13H2,(H,23,24)/t17-,18-/m0/s1. The minimum absolute atomic E-state index is 0.285. The lowest BCUT2D eigenvalue weighted by Gasteiger charge is -2.22. The molecule has 2 atom stereocenters. The number of amides is 1. The van der Waals surface area contributed by atoms with E-state index in [4.69, 9.17) is 14.6 Å². The molecule has 0 aliphatic carbocycles. The Kier molecular flexibility index (Phi) is 5.73. The summed E-state index contributed by atoms with van der Waals surface area (Å²) < 4.78 is 11.1. The van der Waals surface area contributed by atoms with E-state index in [1.165, 1.54) is 0 Å². The number of rotatable bonds is 7. The van der Waals surface area contributed by atoms with Gasteiger partial charge in [-0.25, -0.2) is 4.79 Å². The second-order valence-electron chi connectivity index (χ2n) is 6.25. The second kappa shape index (κ2) is 8.38. The lowest BCUT2D eigenvalue weighted by molar-refractivity contribution is -0.142. The van der Waals surface area contributed by atoms with E-state index >= 15 is 0 Å². The first kappa shape index (κ1) is 17.8. The van der Waals surface area contributed by atoms with Crippen molar-refractivity contribution in [3.63, 3.8) is 0 Å². The van der Waals surface area contributed by atoms with Gasteiger partial charge in [0, 0.05) is 6.42 Å². The fraction of sp³-hybridized carbons (Fsp3) is 0.300. The number of ether oxygens (including phenoxy) is 2. The topological polar surface area (TPSA) is 84.9 Å². The average molecular weight is 355 g/mol. The predicted molar refractivity (Wildman–Crippen MR) is 95.0 cm³/mol. The van der Waals surface area contributed by atoms with Crippen LogP contribution in [0.1, 0.15) is 24.0 Å². The molecule has 0 bridgehead atoms. The van der Waals surface area contributed by atoms with E-state index in [1.807, 2.05) is 54.6 Å².